The van der Waals surface area contributed by atoms with E-state index in [1.54, 1.807) is 11.4 Å². The van der Waals surface area contributed by atoms with E-state index < -0.39 is 11.7 Å². The molecule has 24 heavy (non-hydrogen) atoms. The molecule has 1 aliphatic rings. The van der Waals surface area contributed by atoms with Crippen molar-refractivity contribution in [2.24, 2.45) is 5.92 Å². The lowest BCUT2D eigenvalue weighted by atomic mass is 9.97. The summed E-state index contributed by atoms with van der Waals surface area (Å²) in [6.07, 6.45) is -2.84. The highest BCUT2D eigenvalue weighted by atomic mass is 32.1. The summed E-state index contributed by atoms with van der Waals surface area (Å²) in [5, 5.41) is 8.01. The second-order valence-electron chi connectivity index (χ2n) is 5.63. The van der Waals surface area contributed by atoms with Gasteiger partial charge in [-0.1, -0.05) is 12.1 Å². The Kier molecular flexibility index (Phi) is 4.86. The zero-order valence-electron chi connectivity index (χ0n) is 12.7. The number of anilines is 1. The number of benzene rings is 1. The predicted octanol–water partition coefficient (Wildman–Crippen LogP) is 3.77. The summed E-state index contributed by atoms with van der Waals surface area (Å²) >= 11 is 1.21. The van der Waals surface area contributed by atoms with Gasteiger partial charge in [0.05, 0.1) is 11.3 Å². The van der Waals surface area contributed by atoms with Crippen LogP contribution < -0.4 is 10.6 Å². The number of nitrogens with zero attached hydrogens (tertiary/aromatic N) is 1. The molecule has 1 aliphatic heterocycles. The smallest absolute Gasteiger partial charge is 0.317 e. The third-order valence-corrected chi connectivity index (χ3v) is 4.69. The van der Waals surface area contributed by atoms with Crippen LogP contribution in [0, 0.1) is 5.92 Å². The van der Waals surface area contributed by atoms with E-state index in [0.29, 0.717) is 16.4 Å². The van der Waals surface area contributed by atoms with E-state index in [9.17, 15) is 18.0 Å². The highest BCUT2D eigenvalue weighted by Crippen LogP contribution is 2.33. The average molecular weight is 355 g/mol. The van der Waals surface area contributed by atoms with Crippen molar-refractivity contribution in [2.75, 3.05) is 18.4 Å². The van der Waals surface area contributed by atoms with Crippen LogP contribution in [-0.4, -0.2) is 24.0 Å². The second-order valence-corrected chi connectivity index (χ2v) is 6.49. The molecule has 2 heterocycles. The van der Waals surface area contributed by atoms with Crippen molar-refractivity contribution in [1.82, 2.24) is 10.3 Å². The molecule has 2 N–H and O–H groups in total. The topological polar surface area (TPSA) is 54.0 Å². The van der Waals surface area contributed by atoms with Gasteiger partial charge >= 0.3 is 6.18 Å². The minimum Gasteiger partial charge on any atom is -0.317 e. The number of hydrogen-bond donors (Lipinski definition) is 2. The molecule has 1 aromatic carbocycles. The Labute approximate surface area is 141 Å². The summed E-state index contributed by atoms with van der Waals surface area (Å²) in [5.74, 6) is -0.131. The molecule has 0 bridgehead atoms. The molecule has 0 spiro atoms. The van der Waals surface area contributed by atoms with Gasteiger partial charge in [0, 0.05) is 16.9 Å². The van der Waals surface area contributed by atoms with Gasteiger partial charge in [-0.15, -0.1) is 11.3 Å². The number of halogens is 3. The number of amides is 1. The van der Waals surface area contributed by atoms with E-state index in [-0.39, 0.29) is 11.8 Å². The zero-order chi connectivity index (χ0) is 17.2. The Balaban J connectivity index is 1.72. The van der Waals surface area contributed by atoms with Crippen molar-refractivity contribution in [1.29, 1.82) is 0 Å². The average Bonchev–Trinajstić information content (AvgIpc) is 3.03. The first-order valence-corrected chi connectivity index (χ1v) is 8.46. The van der Waals surface area contributed by atoms with Gasteiger partial charge in [0.25, 0.3) is 0 Å². The maximum Gasteiger partial charge on any atom is 0.416 e. The van der Waals surface area contributed by atoms with E-state index in [0.717, 1.165) is 38.1 Å². The molecule has 1 amide bonds. The fourth-order valence-electron chi connectivity index (χ4n) is 2.61. The van der Waals surface area contributed by atoms with E-state index >= 15 is 0 Å². The van der Waals surface area contributed by atoms with Crippen molar-refractivity contribution in [3.63, 3.8) is 0 Å². The highest BCUT2D eigenvalue weighted by Gasteiger charge is 2.30. The minimum absolute atomic E-state index is 0.0489. The molecule has 0 atom stereocenters. The highest BCUT2D eigenvalue weighted by molar-refractivity contribution is 7.14. The molecule has 3 rings (SSSR count). The maximum atomic E-state index is 12.8. The number of nitrogens with one attached hydrogen (secondary N) is 2. The Hall–Kier alpha value is -1.93. The lowest BCUT2D eigenvalue weighted by Crippen LogP contribution is -2.34. The summed E-state index contributed by atoms with van der Waals surface area (Å²) in [7, 11) is 0. The van der Waals surface area contributed by atoms with Crippen molar-refractivity contribution >= 4 is 22.4 Å². The molecular weight excluding hydrogens is 339 g/mol. The van der Waals surface area contributed by atoms with Gasteiger partial charge in [0.15, 0.2) is 5.13 Å². The molecule has 0 aliphatic carbocycles. The van der Waals surface area contributed by atoms with Crippen LogP contribution >= 0.6 is 11.3 Å². The van der Waals surface area contributed by atoms with Crippen LogP contribution in [0.1, 0.15) is 18.4 Å². The molecule has 128 valence electrons. The fourth-order valence-corrected chi connectivity index (χ4v) is 3.33. The number of alkyl halides is 3. The van der Waals surface area contributed by atoms with Crippen LogP contribution in [0.4, 0.5) is 18.3 Å². The quantitative estimate of drug-likeness (QED) is 0.881. The zero-order valence-corrected chi connectivity index (χ0v) is 13.5. The van der Waals surface area contributed by atoms with Gasteiger partial charge in [0.2, 0.25) is 5.91 Å². The molecule has 1 saturated heterocycles. The molecule has 0 saturated carbocycles. The summed E-state index contributed by atoms with van der Waals surface area (Å²) in [6, 6.07) is 5.01. The fraction of sp³-hybridized carbons (Fsp3) is 0.375. The summed E-state index contributed by atoms with van der Waals surface area (Å²) < 4.78 is 38.4. The third kappa shape index (κ3) is 3.93. The van der Waals surface area contributed by atoms with Crippen LogP contribution in [0.3, 0.4) is 0 Å². The molecule has 2 aromatic rings. The third-order valence-electron chi connectivity index (χ3n) is 3.93. The summed E-state index contributed by atoms with van der Waals surface area (Å²) in [4.78, 5) is 16.4. The number of rotatable bonds is 3. The first-order chi connectivity index (χ1) is 11.4. The van der Waals surface area contributed by atoms with Crippen molar-refractivity contribution in [2.45, 2.75) is 19.0 Å². The van der Waals surface area contributed by atoms with Crippen LogP contribution in [-0.2, 0) is 11.0 Å². The maximum absolute atomic E-state index is 12.8. The molecule has 0 unspecified atom stereocenters. The number of carbonyl (C=O) groups excluding carboxylic acids is 1. The summed E-state index contributed by atoms with van der Waals surface area (Å²) in [6.45, 7) is 1.62. The number of thiazole rings is 1. The van der Waals surface area contributed by atoms with Gasteiger partial charge < -0.3 is 10.6 Å². The summed E-state index contributed by atoms with van der Waals surface area (Å²) in [5.41, 5.74) is 0.0865. The van der Waals surface area contributed by atoms with E-state index in [1.807, 2.05) is 0 Å². The van der Waals surface area contributed by atoms with Gasteiger partial charge in [-0.2, -0.15) is 13.2 Å². The Morgan fingerprint density at radius 1 is 1.29 bits per heavy atom. The lowest BCUT2D eigenvalue weighted by Gasteiger charge is -2.21. The van der Waals surface area contributed by atoms with Gasteiger partial charge in [0.1, 0.15) is 0 Å². The predicted molar refractivity (Wildman–Crippen MR) is 86.8 cm³/mol. The normalized spacial score (nSPS) is 16.1. The molecular formula is C16H16F3N3OS. The monoisotopic (exact) mass is 355 g/mol. The number of piperidine rings is 1. The SMILES string of the molecule is O=C(Nc1nc(-c2cccc(C(F)(F)F)c2)cs1)C1CCNCC1. The van der Waals surface area contributed by atoms with E-state index in [1.165, 1.54) is 17.4 Å². The Morgan fingerprint density at radius 3 is 2.75 bits per heavy atom. The lowest BCUT2D eigenvalue weighted by molar-refractivity contribution is -0.137. The van der Waals surface area contributed by atoms with Crippen molar-refractivity contribution in [3.8, 4) is 11.3 Å². The van der Waals surface area contributed by atoms with Crippen molar-refractivity contribution in [3.05, 3.63) is 35.2 Å². The van der Waals surface area contributed by atoms with Crippen LogP contribution in [0.5, 0.6) is 0 Å². The molecule has 1 fully saturated rings. The van der Waals surface area contributed by atoms with Crippen LogP contribution in [0.15, 0.2) is 29.6 Å². The Morgan fingerprint density at radius 2 is 2.04 bits per heavy atom. The largest absolute Gasteiger partial charge is 0.416 e. The standard InChI is InChI=1S/C16H16F3N3OS/c17-16(18,19)12-3-1-2-11(8-12)13-9-24-15(21-13)22-14(23)10-4-6-20-7-5-10/h1-3,8-10,20H,4-7H2,(H,21,22,23). The number of hydrogen-bond acceptors (Lipinski definition) is 4. The number of aromatic nitrogens is 1. The molecule has 0 radical (unpaired) electrons. The number of carbonyl (C=O) groups is 1. The first kappa shape index (κ1) is 16.9. The van der Waals surface area contributed by atoms with Crippen LogP contribution in [0.25, 0.3) is 11.3 Å². The van der Waals surface area contributed by atoms with Gasteiger partial charge in [-0.25, -0.2) is 4.98 Å². The Bertz CT molecular complexity index is 723. The molecule has 8 heteroatoms. The van der Waals surface area contributed by atoms with Crippen LogP contribution in [0.2, 0.25) is 0 Å². The second kappa shape index (κ2) is 6.90. The van der Waals surface area contributed by atoms with Gasteiger partial charge in [-0.3, -0.25) is 4.79 Å². The van der Waals surface area contributed by atoms with E-state index in [4.69, 9.17) is 0 Å². The van der Waals surface area contributed by atoms with Gasteiger partial charge in [-0.05, 0) is 38.1 Å². The van der Waals surface area contributed by atoms with Crippen molar-refractivity contribution < 1.29 is 18.0 Å². The minimum atomic E-state index is -4.39. The molecule has 1 aromatic heterocycles. The van der Waals surface area contributed by atoms with E-state index in [2.05, 4.69) is 15.6 Å². The first-order valence-electron chi connectivity index (χ1n) is 7.58. The molecule has 4 nitrogen and oxygen atoms in total.